The molecule has 8 heteroatoms. The van der Waals surface area contributed by atoms with Gasteiger partial charge >= 0.3 is 0 Å². The molecule has 4 rings (SSSR count). The molecular weight excluding hydrogens is 377 g/mol. The summed E-state index contributed by atoms with van der Waals surface area (Å²) in [4.78, 5) is 14.6. The van der Waals surface area contributed by atoms with Gasteiger partial charge < -0.3 is 9.26 Å². The summed E-state index contributed by atoms with van der Waals surface area (Å²) in [7, 11) is 0. The first-order valence-electron chi connectivity index (χ1n) is 8.65. The minimum absolute atomic E-state index is 0.00378. The molecule has 0 aliphatic rings. The molecule has 29 heavy (non-hydrogen) atoms. The van der Waals surface area contributed by atoms with Crippen molar-refractivity contribution >= 4 is 5.69 Å². The maximum absolute atomic E-state index is 12.9. The van der Waals surface area contributed by atoms with E-state index in [2.05, 4.69) is 10.1 Å². The summed E-state index contributed by atoms with van der Waals surface area (Å²) in [5.74, 6) is 0.956. The fourth-order valence-corrected chi connectivity index (χ4v) is 2.63. The predicted octanol–water partition coefficient (Wildman–Crippen LogP) is 5.03. The number of hydrogen-bond acceptors (Lipinski definition) is 6. The minimum Gasteiger partial charge on any atom is -0.489 e. The number of nitro groups is 1. The molecule has 0 atom stereocenters. The van der Waals surface area contributed by atoms with Gasteiger partial charge in [0.2, 0.25) is 5.82 Å². The van der Waals surface area contributed by atoms with Gasteiger partial charge in [0.25, 0.3) is 11.6 Å². The molecule has 0 N–H and O–H groups in total. The number of aromatic nitrogens is 2. The number of nitro benzene ring substituents is 1. The van der Waals surface area contributed by atoms with Crippen LogP contribution in [0.25, 0.3) is 22.8 Å². The van der Waals surface area contributed by atoms with E-state index in [-0.39, 0.29) is 11.5 Å². The van der Waals surface area contributed by atoms with Crippen molar-refractivity contribution in [1.29, 1.82) is 0 Å². The van der Waals surface area contributed by atoms with Crippen molar-refractivity contribution in [3.05, 3.63) is 94.3 Å². The highest BCUT2D eigenvalue weighted by Crippen LogP contribution is 2.24. The second-order valence-electron chi connectivity index (χ2n) is 6.17. The van der Waals surface area contributed by atoms with Gasteiger partial charge in [0.15, 0.2) is 0 Å². The molecule has 1 heterocycles. The Morgan fingerprint density at radius 1 is 0.931 bits per heavy atom. The van der Waals surface area contributed by atoms with Crippen LogP contribution in [0.3, 0.4) is 0 Å². The lowest BCUT2D eigenvalue weighted by Crippen LogP contribution is -1.95. The van der Waals surface area contributed by atoms with E-state index in [0.717, 1.165) is 11.1 Å². The molecule has 3 aromatic carbocycles. The molecule has 0 aliphatic carbocycles. The zero-order chi connectivity index (χ0) is 20.2. The Bertz CT molecular complexity index is 1120. The highest BCUT2D eigenvalue weighted by molar-refractivity contribution is 5.61. The molecule has 0 spiro atoms. The van der Waals surface area contributed by atoms with Crippen molar-refractivity contribution in [3.63, 3.8) is 0 Å². The molecule has 4 aromatic rings. The Balaban J connectivity index is 1.44. The van der Waals surface area contributed by atoms with Crippen LogP contribution in [0.2, 0.25) is 0 Å². The minimum atomic E-state index is -0.465. The SMILES string of the molecule is O=[N+]([O-])c1ccc(-c2noc(-c3ccc(COc4ccc(F)cc4)cc3)n2)cc1. The molecule has 0 radical (unpaired) electrons. The number of nitrogens with zero attached hydrogens (tertiary/aromatic N) is 3. The summed E-state index contributed by atoms with van der Waals surface area (Å²) in [5.41, 5.74) is 2.27. The van der Waals surface area contributed by atoms with E-state index < -0.39 is 4.92 Å². The Morgan fingerprint density at radius 3 is 2.24 bits per heavy atom. The largest absolute Gasteiger partial charge is 0.489 e. The van der Waals surface area contributed by atoms with Gasteiger partial charge in [-0.25, -0.2) is 4.39 Å². The van der Waals surface area contributed by atoms with Crippen molar-refractivity contribution in [2.75, 3.05) is 0 Å². The van der Waals surface area contributed by atoms with Crippen molar-refractivity contribution in [2.24, 2.45) is 0 Å². The van der Waals surface area contributed by atoms with E-state index in [1.807, 2.05) is 24.3 Å². The summed E-state index contributed by atoms with van der Waals surface area (Å²) >= 11 is 0. The van der Waals surface area contributed by atoms with E-state index in [4.69, 9.17) is 9.26 Å². The summed E-state index contributed by atoms with van der Waals surface area (Å²) < 4.78 is 23.8. The fraction of sp³-hybridized carbons (Fsp3) is 0.0476. The second-order valence-corrected chi connectivity index (χ2v) is 6.17. The summed E-state index contributed by atoms with van der Waals surface area (Å²) in [6.07, 6.45) is 0. The van der Waals surface area contributed by atoms with E-state index in [0.29, 0.717) is 29.6 Å². The molecule has 1 aromatic heterocycles. The summed E-state index contributed by atoms with van der Waals surface area (Å²) in [5, 5.41) is 14.7. The Labute approximate surface area is 164 Å². The van der Waals surface area contributed by atoms with Crippen LogP contribution in [0.1, 0.15) is 5.56 Å². The predicted molar refractivity (Wildman–Crippen MR) is 103 cm³/mol. The van der Waals surface area contributed by atoms with Gasteiger partial charge in [0.1, 0.15) is 18.2 Å². The van der Waals surface area contributed by atoms with E-state index in [1.54, 1.807) is 24.3 Å². The lowest BCUT2D eigenvalue weighted by molar-refractivity contribution is -0.384. The van der Waals surface area contributed by atoms with Crippen LogP contribution < -0.4 is 4.74 Å². The Morgan fingerprint density at radius 2 is 1.59 bits per heavy atom. The average molecular weight is 391 g/mol. The smallest absolute Gasteiger partial charge is 0.269 e. The van der Waals surface area contributed by atoms with Crippen LogP contribution >= 0.6 is 0 Å². The summed E-state index contributed by atoms with van der Waals surface area (Å²) in [6, 6.07) is 19.2. The third kappa shape index (κ3) is 4.27. The van der Waals surface area contributed by atoms with Crippen molar-refractivity contribution in [1.82, 2.24) is 10.1 Å². The van der Waals surface area contributed by atoms with Gasteiger partial charge in [-0.1, -0.05) is 17.3 Å². The maximum atomic E-state index is 12.9. The molecule has 7 nitrogen and oxygen atoms in total. The van der Waals surface area contributed by atoms with Crippen LogP contribution in [0, 0.1) is 15.9 Å². The standard InChI is InChI=1S/C21H14FN3O4/c22-17-7-11-19(12-8-17)28-13-14-1-3-16(4-2-14)21-23-20(24-29-21)15-5-9-18(10-6-15)25(26)27/h1-12H,13H2. The lowest BCUT2D eigenvalue weighted by atomic mass is 10.1. The van der Waals surface area contributed by atoms with E-state index >= 15 is 0 Å². The van der Waals surface area contributed by atoms with E-state index in [1.165, 1.54) is 24.3 Å². The highest BCUT2D eigenvalue weighted by atomic mass is 19.1. The molecule has 144 valence electrons. The highest BCUT2D eigenvalue weighted by Gasteiger charge is 2.12. The van der Waals surface area contributed by atoms with Crippen LogP contribution in [-0.4, -0.2) is 15.1 Å². The third-order valence-corrected chi connectivity index (χ3v) is 4.18. The average Bonchev–Trinajstić information content (AvgIpc) is 3.24. The quantitative estimate of drug-likeness (QED) is 0.338. The van der Waals surface area contributed by atoms with Crippen LogP contribution in [0.15, 0.2) is 77.3 Å². The third-order valence-electron chi connectivity index (χ3n) is 4.18. The van der Waals surface area contributed by atoms with Crippen LogP contribution in [0.5, 0.6) is 5.75 Å². The number of ether oxygens (including phenoxy) is 1. The Kier molecular flexibility index (Phi) is 4.98. The molecule has 0 bridgehead atoms. The number of halogens is 1. The molecule has 0 fully saturated rings. The molecule has 0 amide bonds. The first kappa shape index (κ1) is 18.3. The normalized spacial score (nSPS) is 10.7. The van der Waals surface area contributed by atoms with Gasteiger partial charge in [0.05, 0.1) is 4.92 Å². The number of rotatable bonds is 6. The lowest BCUT2D eigenvalue weighted by Gasteiger charge is -2.06. The molecule has 0 aliphatic heterocycles. The van der Waals surface area contributed by atoms with Gasteiger partial charge in [-0.15, -0.1) is 0 Å². The molecule has 0 saturated heterocycles. The summed E-state index contributed by atoms with van der Waals surface area (Å²) in [6.45, 7) is 0.337. The first-order valence-corrected chi connectivity index (χ1v) is 8.65. The number of non-ortho nitro benzene ring substituents is 1. The van der Waals surface area contributed by atoms with Gasteiger partial charge in [-0.05, 0) is 54.1 Å². The van der Waals surface area contributed by atoms with Crippen LogP contribution in [-0.2, 0) is 6.61 Å². The molecular formula is C21H14FN3O4. The molecule has 0 saturated carbocycles. The second kappa shape index (κ2) is 7.89. The monoisotopic (exact) mass is 391 g/mol. The molecule has 0 unspecified atom stereocenters. The number of benzene rings is 3. The topological polar surface area (TPSA) is 91.3 Å². The van der Waals surface area contributed by atoms with Gasteiger partial charge in [-0.2, -0.15) is 4.98 Å². The number of hydrogen-bond donors (Lipinski definition) is 0. The zero-order valence-electron chi connectivity index (χ0n) is 15.0. The maximum Gasteiger partial charge on any atom is 0.269 e. The van der Waals surface area contributed by atoms with Gasteiger partial charge in [-0.3, -0.25) is 10.1 Å². The zero-order valence-corrected chi connectivity index (χ0v) is 15.0. The van der Waals surface area contributed by atoms with Gasteiger partial charge in [0, 0.05) is 23.3 Å². The Hall–Kier alpha value is -4.07. The van der Waals surface area contributed by atoms with E-state index in [9.17, 15) is 14.5 Å². The van der Waals surface area contributed by atoms with Crippen molar-refractivity contribution in [3.8, 4) is 28.6 Å². The van der Waals surface area contributed by atoms with Crippen molar-refractivity contribution < 1.29 is 18.6 Å². The van der Waals surface area contributed by atoms with Crippen LogP contribution in [0.4, 0.5) is 10.1 Å². The first-order chi connectivity index (χ1) is 14.1. The fourth-order valence-electron chi connectivity index (χ4n) is 2.63. The van der Waals surface area contributed by atoms with Crippen molar-refractivity contribution in [2.45, 2.75) is 6.61 Å².